The molecule has 1 aliphatic carbocycles. The smallest absolute Gasteiger partial charge is 0.287 e. The van der Waals surface area contributed by atoms with E-state index in [1.165, 1.54) is 7.11 Å². The maximum absolute atomic E-state index is 11.8. The lowest BCUT2D eigenvalue weighted by atomic mass is 10.3. The van der Waals surface area contributed by atoms with Crippen molar-refractivity contribution < 1.29 is 18.5 Å². The molecule has 1 saturated carbocycles. The molecule has 0 atom stereocenters. The molecule has 6 heteroatoms. The maximum Gasteiger partial charge on any atom is 0.287 e. The predicted octanol–water partition coefficient (Wildman–Crippen LogP) is 2.08. The molecule has 0 saturated heterocycles. The van der Waals surface area contributed by atoms with E-state index < -0.39 is 0 Å². The van der Waals surface area contributed by atoms with Gasteiger partial charge < -0.3 is 19.0 Å². The van der Waals surface area contributed by atoms with Gasteiger partial charge in [-0.2, -0.15) is 0 Å². The highest BCUT2D eigenvalue weighted by molar-refractivity contribution is 5.91. The Morgan fingerprint density at radius 2 is 2.37 bits per heavy atom. The molecule has 0 radical (unpaired) electrons. The van der Waals surface area contributed by atoms with Crippen molar-refractivity contribution in [3.63, 3.8) is 0 Å². The normalized spacial score (nSPS) is 14.4. The van der Waals surface area contributed by atoms with Crippen LogP contribution in [-0.4, -0.2) is 18.2 Å². The molecule has 0 aromatic carbocycles. The van der Waals surface area contributed by atoms with E-state index in [9.17, 15) is 4.79 Å². The van der Waals surface area contributed by atoms with Crippen LogP contribution in [0, 0.1) is 0 Å². The second kappa shape index (κ2) is 4.79. The van der Waals surface area contributed by atoms with Crippen LogP contribution in [0.4, 0.5) is 0 Å². The summed E-state index contributed by atoms with van der Waals surface area (Å²) in [7, 11) is 1.48. The summed E-state index contributed by atoms with van der Waals surface area (Å²) < 4.78 is 15.2. The Kier molecular flexibility index (Phi) is 2.98. The highest BCUT2D eigenvalue weighted by Gasteiger charge is 2.27. The molecule has 2 aromatic heterocycles. The molecule has 1 aliphatic rings. The Morgan fingerprint density at radius 1 is 1.53 bits per heavy atom. The Bertz CT molecular complexity index is 583. The minimum atomic E-state index is -0.306. The number of carbonyl (C=O) groups is 1. The summed E-state index contributed by atoms with van der Waals surface area (Å²) in [5.74, 6) is 1.64. The number of rotatable bonds is 5. The van der Waals surface area contributed by atoms with Gasteiger partial charge in [-0.3, -0.25) is 4.79 Å². The summed E-state index contributed by atoms with van der Waals surface area (Å²) in [5, 5.41) is 6.63. The van der Waals surface area contributed by atoms with E-state index in [-0.39, 0.29) is 11.7 Å². The van der Waals surface area contributed by atoms with Gasteiger partial charge in [0, 0.05) is 18.1 Å². The van der Waals surface area contributed by atoms with Crippen molar-refractivity contribution in [1.82, 2.24) is 10.5 Å². The van der Waals surface area contributed by atoms with Gasteiger partial charge >= 0.3 is 0 Å². The van der Waals surface area contributed by atoms with Gasteiger partial charge in [-0.05, 0) is 18.9 Å². The van der Waals surface area contributed by atoms with Gasteiger partial charge in [-0.25, -0.2) is 0 Å². The lowest BCUT2D eigenvalue weighted by Gasteiger charge is -1.99. The first-order chi connectivity index (χ1) is 9.26. The summed E-state index contributed by atoms with van der Waals surface area (Å²) >= 11 is 0. The largest absolute Gasteiger partial charge is 0.468 e. The number of carbonyl (C=O) groups excluding carboxylic acids is 1. The number of aromatic nitrogens is 1. The van der Waals surface area contributed by atoms with Crippen LogP contribution >= 0.6 is 0 Å². The topological polar surface area (TPSA) is 77.5 Å². The van der Waals surface area contributed by atoms with Crippen LogP contribution in [0.25, 0.3) is 0 Å². The summed E-state index contributed by atoms with van der Waals surface area (Å²) in [4.78, 5) is 11.8. The van der Waals surface area contributed by atoms with Gasteiger partial charge in [0.05, 0.1) is 13.7 Å². The van der Waals surface area contributed by atoms with Crippen molar-refractivity contribution in [3.05, 3.63) is 35.4 Å². The van der Waals surface area contributed by atoms with Crippen LogP contribution in [0.3, 0.4) is 0 Å². The SMILES string of the molecule is COc1ccc(C(=O)NCc2cc(C3CC3)on2)o1. The fraction of sp³-hybridized carbons (Fsp3) is 0.385. The average Bonchev–Trinajstić information content (AvgIpc) is 2.99. The number of furan rings is 1. The van der Waals surface area contributed by atoms with E-state index in [0.29, 0.717) is 24.1 Å². The highest BCUT2D eigenvalue weighted by Crippen LogP contribution is 2.40. The maximum atomic E-state index is 11.8. The van der Waals surface area contributed by atoms with Gasteiger partial charge in [0.15, 0.2) is 5.76 Å². The molecule has 1 N–H and O–H groups in total. The van der Waals surface area contributed by atoms with E-state index in [4.69, 9.17) is 13.7 Å². The van der Waals surface area contributed by atoms with Crippen LogP contribution in [0.2, 0.25) is 0 Å². The molecule has 2 aromatic rings. The van der Waals surface area contributed by atoms with Crippen molar-refractivity contribution in [3.8, 4) is 5.95 Å². The van der Waals surface area contributed by atoms with Gasteiger partial charge in [0.2, 0.25) is 0 Å². The van der Waals surface area contributed by atoms with Crippen LogP contribution in [0.1, 0.15) is 40.8 Å². The zero-order valence-electron chi connectivity index (χ0n) is 10.5. The third-order valence-electron chi connectivity index (χ3n) is 2.99. The van der Waals surface area contributed by atoms with Gasteiger partial charge in [0.25, 0.3) is 11.9 Å². The lowest BCUT2D eigenvalue weighted by molar-refractivity contribution is 0.0916. The van der Waals surface area contributed by atoms with Crippen molar-refractivity contribution >= 4 is 5.91 Å². The minimum Gasteiger partial charge on any atom is -0.468 e. The van der Waals surface area contributed by atoms with E-state index in [0.717, 1.165) is 18.6 Å². The molecular formula is C13H14N2O4. The number of nitrogens with zero attached hydrogens (tertiary/aromatic N) is 1. The molecule has 2 heterocycles. The Balaban J connectivity index is 1.56. The third-order valence-corrected chi connectivity index (χ3v) is 2.99. The van der Waals surface area contributed by atoms with Crippen molar-refractivity contribution in [1.29, 1.82) is 0 Å². The fourth-order valence-corrected chi connectivity index (χ4v) is 1.78. The average molecular weight is 262 g/mol. The van der Waals surface area contributed by atoms with E-state index >= 15 is 0 Å². The Morgan fingerprint density at radius 3 is 3.05 bits per heavy atom. The molecule has 19 heavy (non-hydrogen) atoms. The second-order valence-corrected chi connectivity index (χ2v) is 4.50. The van der Waals surface area contributed by atoms with Crippen LogP contribution in [0.15, 0.2) is 27.1 Å². The number of nitrogens with one attached hydrogen (secondary N) is 1. The molecule has 1 fully saturated rings. The quantitative estimate of drug-likeness (QED) is 0.892. The van der Waals surface area contributed by atoms with E-state index in [2.05, 4.69) is 10.5 Å². The third kappa shape index (κ3) is 2.62. The Labute approximate surface area is 109 Å². The molecule has 0 bridgehead atoms. The molecular weight excluding hydrogens is 248 g/mol. The summed E-state index contributed by atoms with van der Waals surface area (Å²) in [5.41, 5.74) is 0.716. The monoisotopic (exact) mass is 262 g/mol. The Hall–Kier alpha value is -2.24. The number of hydrogen-bond acceptors (Lipinski definition) is 5. The summed E-state index contributed by atoms with van der Waals surface area (Å²) in [6.07, 6.45) is 2.32. The van der Waals surface area contributed by atoms with Crippen LogP contribution in [-0.2, 0) is 6.54 Å². The van der Waals surface area contributed by atoms with Gasteiger partial charge in [0.1, 0.15) is 11.5 Å². The van der Waals surface area contributed by atoms with Crippen molar-refractivity contribution in [2.45, 2.75) is 25.3 Å². The van der Waals surface area contributed by atoms with Crippen LogP contribution < -0.4 is 10.1 Å². The van der Waals surface area contributed by atoms with Crippen LogP contribution in [0.5, 0.6) is 5.95 Å². The number of methoxy groups -OCH3 is 1. The van der Waals surface area contributed by atoms with E-state index in [1.807, 2.05) is 6.07 Å². The molecule has 6 nitrogen and oxygen atoms in total. The predicted molar refractivity (Wildman–Crippen MR) is 64.9 cm³/mol. The lowest BCUT2D eigenvalue weighted by Crippen LogP contribution is -2.22. The number of ether oxygens (including phenoxy) is 1. The molecule has 1 amide bonds. The van der Waals surface area contributed by atoms with Crippen molar-refractivity contribution in [2.75, 3.05) is 7.11 Å². The number of amides is 1. The molecule has 3 rings (SSSR count). The van der Waals surface area contributed by atoms with Gasteiger partial charge in [-0.1, -0.05) is 5.16 Å². The first-order valence-corrected chi connectivity index (χ1v) is 6.14. The fourth-order valence-electron chi connectivity index (χ4n) is 1.78. The summed E-state index contributed by atoms with van der Waals surface area (Å²) in [6, 6.07) is 5.05. The standard InChI is InChI=1S/C13H14N2O4/c1-17-12-5-4-10(18-12)13(16)14-7-9-6-11(19-15-9)8-2-3-8/h4-6,8H,2-3,7H2,1H3,(H,14,16). The highest BCUT2D eigenvalue weighted by atomic mass is 16.6. The van der Waals surface area contributed by atoms with Gasteiger partial charge in [-0.15, -0.1) is 0 Å². The number of hydrogen-bond donors (Lipinski definition) is 1. The zero-order chi connectivity index (χ0) is 13.2. The molecule has 100 valence electrons. The first kappa shape index (κ1) is 11.8. The first-order valence-electron chi connectivity index (χ1n) is 6.14. The van der Waals surface area contributed by atoms with E-state index in [1.54, 1.807) is 12.1 Å². The molecule has 0 unspecified atom stereocenters. The molecule has 0 aliphatic heterocycles. The second-order valence-electron chi connectivity index (χ2n) is 4.50. The zero-order valence-corrected chi connectivity index (χ0v) is 10.5. The summed E-state index contributed by atoms with van der Waals surface area (Å²) in [6.45, 7) is 0.318. The van der Waals surface area contributed by atoms with Crippen molar-refractivity contribution in [2.24, 2.45) is 0 Å². The molecule has 0 spiro atoms. The minimum absolute atomic E-state index is 0.211.